The van der Waals surface area contributed by atoms with Crippen LogP contribution in [0.3, 0.4) is 0 Å². The molecule has 0 N–H and O–H groups in total. The number of hydrogen-bond donors (Lipinski definition) is 0. The molecule has 0 aliphatic heterocycles. The Morgan fingerprint density at radius 2 is 2.09 bits per heavy atom. The second-order valence-corrected chi connectivity index (χ2v) is 2.61. The maximum Gasteiger partial charge on any atom is 0.106 e. The van der Waals surface area contributed by atoms with Gasteiger partial charge in [0.1, 0.15) is 11.0 Å². The molecule has 0 aliphatic rings. The molecule has 4 heteroatoms. The van der Waals surface area contributed by atoms with E-state index in [1.807, 2.05) is 6.07 Å². The van der Waals surface area contributed by atoms with Crippen molar-refractivity contribution in [2.24, 2.45) is 0 Å². The van der Waals surface area contributed by atoms with Crippen LogP contribution in [-0.2, 0) is 0 Å². The van der Waals surface area contributed by atoms with Crippen LogP contribution in [0.2, 0.25) is 0 Å². The van der Waals surface area contributed by atoms with E-state index in [-0.39, 0.29) is 0 Å². The van der Waals surface area contributed by atoms with E-state index in [0.717, 1.165) is 22.8 Å². The molecule has 0 bridgehead atoms. The maximum absolute atomic E-state index is 8.54. The van der Waals surface area contributed by atoms with Crippen LogP contribution >= 0.6 is 11.7 Å². The Hall–Kier alpha value is -1.47. The third-order valence-electron chi connectivity index (χ3n) is 1.38. The van der Waals surface area contributed by atoms with Gasteiger partial charge < -0.3 is 0 Å². The fourth-order valence-electron chi connectivity index (χ4n) is 0.852. The van der Waals surface area contributed by atoms with Crippen molar-refractivity contribution in [3.05, 3.63) is 23.8 Å². The molecular weight excluding hydrogens is 158 g/mol. The molecule has 0 amide bonds. The van der Waals surface area contributed by atoms with Crippen molar-refractivity contribution in [3.8, 4) is 6.07 Å². The number of nitriles is 1. The number of hydrogen-bond acceptors (Lipinski definition) is 4. The summed E-state index contributed by atoms with van der Waals surface area (Å²) in [6.45, 7) is 0. The van der Waals surface area contributed by atoms with Crippen LogP contribution in [0, 0.1) is 11.3 Å². The molecule has 0 unspecified atom stereocenters. The summed E-state index contributed by atoms with van der Waals surface area (Å²) in [7, 11) is 0. The molecule has 0 radical (unpaired) electrons. The minimum atomic E-state index is 0.630. The van der Waals surface area contributed by atoms with Crippen molar-refractivity contribution in [3.63, 3.8) is 0 Å². The fraction of sp³-hybridized carbons (Fsp3) is 0. The van der Waals surface area contributed by atoms with Gasteiger partial charge in [0.2, 0.25) is 0 Å². The summed E-state index contributed by atoms with van der Waals surface area (Å²) in [6.07, 6.45) is 0. The molecule has 3 nitrogen and oxygen atoms in total. The second-order valence-electron chi connectivity index (χ2n) is 2.08. The first kappa shape index (κ1) is 6.25. The van der Waals surface area contributed by atoms with Gasteiger partial charge in [-0.2, -0.15) is 14.0 Å². The van der Waals surface area contributed by atoms with Crippen LogP contribution in [0.5, 0.6) is 0 Å². The first-order chi connectivity index (χ1) is 5.40. The normalized spacial score (nSPS) is 9.73. The van der Waals surface area contributed by atoms with E-state index in [9.17, 15) is 0 Å². The van der Waals surface area contributed by atoms with Gasteiger partial charge in [0.15, 0.2) is 0 Å². The summed E-state index contributed by atoms with van der Waals surface area (Å²) in [6, 6.07) is 7.32. The van der Waals surface area contributed by atoms with Crippen molar-refractivity contribution in [2.45, 2.75) is 0 Å². The number of benzene rings is 1. The molecule has 0 aliphatic carbocycles. The van der Waals surface area contributed by atoms with Crippen LogP contribution in [0.15, 0.2) is 18.2 Å². The predicted molar refractivity (Wildman–Crippen MR) is 42.1 cm³/mol. The summed E-state index contributed by atoms with van der Waals surface area (Å²) in [5, 5.41) is 8.54. The summed E-state index contributed by atoms with van der Waals surface area (Å²) >= 11 is 1.16. The Balaban J connectivity index is 2.79. The van der Waals surface area contributed by atoms with Crippen molar-refractivity contribution >= 4 is 22.8 Å². The van der Waals surface area contributed by atoms with Gasteiger partial charge in [0.25, 0.3) is 0 Å². The summed E-state index contributed by atoms with van der Waals surface area (Å²) in [5.74, 6) is 0. The summed E-state index contributed by atoms with van der Waals surface area (Å²) in [5.41, 5.74) is 2.29. The smallest absolute Gasteiger partial charge is 0.106 e. The van der Waals surface area contributed by atoms with Gasteiger partial charge in [0, 0.05) is 0 Å². The van der Waals surface area contributed by atoms with Gasteiger partial charge in [-0.3, -0.25) is 0 Å². The second kappa shape index (κ2) is 2.29. The van der Waals surface area contributed by atoms with Crippen LogP contribution in [-0.4, -0.2) is 8.75 Å². The standard InChI is InChI=1S/C7H3N3S/c8-4-5-1-2-6-7(3-5)10-11-9-6/h1-3H. The Bertz CT molecular complexity index is 426. The van der Waals surface area contributed by atoms with Crippen LogP contribution in [0.25, 0.3) is 11.0 Å². The SMILES string of the molecule is N#Cc1ccc2nsnc2c1. The van der Waals surface area contributed by atoms with Gasteiger partial charge >= 0.3 is 0 Å². The van der Waals surface area contributed by atoms with E-state index in [0.29, 0.717) is 5.56 Å². The van der Waals surface area contributed by atoms with Crippen LogP contribution in [0.1, 0.15) is 5.56 Å². The highest BCUT2D eigenvalue weighted by Gasteiger charge is 1.97. The molecule has 2 rings (SSSR count). The summed E-state index contributed by atoms with van der Waals surface area (Å²) in [4.78, 5) is 0. The zero-order chi connectivity index (χ0) is 7.68. The average molecular weight is 161 g/mol. The van der Waals surface area contributed by atoms with E-state index < -0.39 is 0 Å². The van der Waals surface area contributed by atoms with Crippen molar-refractivity contribution in [1.82, 2.24) is 8.75 Å². The lowest BCUT2D eigenvalue weighted by Crippen LogP contribution is -1.73. The van der Waals surface area contributed by atoms with Gasteiger partial charge in [-0.15, -0.1) is 0 Å². The Morgan fingerprint density at radius 3 is 2.91 bits per heavy atom. The topological polar surface area (TPSA) is 49.6 Å². The molecule has 0 fully saturated rings. The highest BCUT2D eigenvalue weighted by molar-refractivity contribution is 7.00. The quantitative estimate of drug-likeness (QED) is 0.589. The predicted octanol–water partition coefficient (Wildman–Crippen LogP) is 1.56. The molecule has 0 atom stereocenters. The number of aromatic nitrogens is 2. The van der Waals surface area contributed by atoms with E-state index in [2.05, 4.69) is 8.75 Å². The lowest BCUT2D eigenvalue weighted by Gasteiger charge is -1.85. The van der Waals surface area contributed by atoms with Crippen LogP contribution < -0.4 is 0 Å². The van der Waals surface area contributed by atoms with Gasteiger partial charge in [-0.05, 0) is 18.2 Å². The third kappa shape index (κ3) is 0.954. The molecule has 2 aromatic rings. The van der Waals surface area contributed by atoms with Crippen molar-refractivity contribution in [1.29, 1.82) is 5.26 Å². The largest absolute Gasteiger partial charge is 0.192 e. The van der Waals surface area contributed by atoms with E-state index in [1.165, 1.54) is 0 Å². The molecule has 0 spiro atoms. The molecule has 11 heavy (non-hydrogen) atoms. The summed E-state index contributed by atoms with van der Waals surface area (Å²) < 4.78 is 8.02. The van der Waals surface area contributed by atoms with Crippen LogP contribution in [0.4, 0.5) is 0 Å². The van der Waals surface area contributed by atoms with E-state index in [4.69, 9.17) is 5.26 Å². The molecule has 0 saturated carbocycles. The molecule has 52 valence electrons. The minimum absolute atomic E-state index is 0.630. The molecular formula is C7H3N3S. The van der Waals surface area contributed by atoms with E-state index in [1.54, 1.807) is 18.2 Å². The average Bonchev–Trinajstić information content (AvgIpc) is 2.50. The first-order valence-corrected chi connectivity index (χ1v) is 3.75. The van der Waals surface area contributed by atoms with Gasteiger partial charge in [0.05, 0.1) is 23.4 Å². The lowest BCUT2D eigenvalue weighted by atomic mass is 10.2. The third-order valence-corrected chi connectivity index (χ3v) is 1.94. The zero-order valence-electron chi connectivity index (χ0n) is 5.48. The number of rotatable bonds is 0. The Labute approximate surface area is 67.2 Å². The zero-order valence-corrected chi connectivity index (χ0v) is 6.30. The maximum atomic E-state index is 8.54. The fourth-order valence-corrected chi connectivity index (χ4v) is 1.37. The van der Waals surface area contributed by atoms with Gasteiger partial charge in [-0.25, -0.2) is 0 Å². The molecule has 1 aromatic heterocycles. The van der Waals surface area contributed by atoms with E-state index >= 15 is 0 Å². The molecule has 1 heterocycles. The Morgan fingerprint density at radius 1 is 1.27 bits per heavy atom. The monoisotopic (exact) mass is 161 g/mol. The van der Waals surface area contributed by atoms with Gasteiger partial charge in [-0.1, -0.05) is 0 Å². The Kier molecular flexibility index (Phi) is 1.30. The lowest BCUT2D eigenvalue weighted by molar-refractivity contribution is 1.49. The first-order valence-electron chi connectivity index (χ1n) is 3.02. The number of nitrogens with zero attached hydrogens (tertiary/aromatic N) is 3. The highest BCUT2D eigenvalue weighted by atomic mass is 32.1. The highest BCUT2D eigenvalue weighted by Crippen LogP contribution is 2.12. The molecule has 0 saturated heterocycles. The van der Waals surface area contributed by atoms with Crippen molar-refractivity contribution in [2.75, 3.05) is 0 Å². The minimum Gasteiger partial charge on any atom is -0.192 e. The number of fused-ring (bicyclic) bond motifs is 1. The molecule has 1 aromatic carbocycles. The van der Waals surface area contributed by atoms with Crippen molar-refractivity contribution < 1.29 is 0 Å².